The summed E-state index contributed by atoms with van der Waals surface area (Å²) in [5, 5.41) is 4.58. The summed E-state index contributed by atoms with van der Waals surface area (Å²) in [5.74, 6) is -0.356. The molecule has 0 spiro atoms. The van der Waals surface area contributed by atoms with Crippen LogP contribution in [0.1, 0.15) is 23.4 Å². The number of hydrogen-bond donors (Lipinski definition) is 2. The van der Waals surface area contributed by atoms with Gasteiger partial charge in [0.05, 0.1) is 19.1 Å². The van der Waals surface area contributed by atoms with E-state index in [1.165, 1.54) is 10.4 Å². The van der Waals surface area contributed by atoms with Gasteiger partial charge >= 0.3 is 0 Å². The monoisotopic (exact) mass is 303 g/mol. The van der Waals surface area contributed by atoms with E-state index in [2.05, 4.69) is 16.8 Å². The minimum absolute atomic E-state index is 0. The lowest BCUT2D eigenvalue weighted by Gasteiger charge is -2.33. The Morgan fingerprint density at radius 3 is 3.00 bits per heavy atom. The second kappa shape index (κ2) is 6.88. The first-order valence-corrected chi connectivity index (χ1v) is 6.84. The van der Waals surface area contributed by atoms with Crippen molar-refractivity contribution in [3.8, 4) is 0 Å². The van der Waals surface area contributed by atoms with Gasteiger partial charge in [0.1, 0.15) is 0 Å². The number of nitrogens with two attached hydrogens (primary N) is 1. The molecule has 3 N–H and O–H groups in total. The Morgan fingerprint density at radius 2 is 2.32 bits per heavy atom. The number of nitrogens with one attached hydrogen (secondary N) is 1. The highest BCUT2D eigenvalue weighted by molar-refractivity contribution is 7.10. The third-order valence-electron chi connectivity index (χ3n) is 3.22. The summed E-state index contributed by atoms with van der Waals surface area (Å²) in [6.07, 6.45) is 0.897. The number of nitrogens with zero attached hydrogens (tertiary/aromatic N) is 1. The molecule has 5 nitrogen and oxygen atoms in total. The van der Waals surface area contributed by atoms with E-state index in [1.807, 2.05) is 11.8 Å². The van der Waals surface area contributed by atoms with Crippen molar-refractivity contribution in [1.29, 1.82) is 0 Å². The normalized spacial score (nSPS) is 17.4. The molecule has 0 fully saturated rings. The third-order valence-corrected chi connectivity index (χ3v) is 4.22. The molecule has 1 unspecified atom stereocenters. The second-order valence-corrected chi connectivity index (χ2v) is 5.29. The van der Waals surface area contributed by atoms with E-state index in [-0.39, 0.29) is 43.4 Å². The number of amides is 2. The van der Waals surface area contributed by atoms with Gasteiger partial charge in [0.2, 0.25) is 11.8 Å². The number of fused-ring (bicyclic) bond motifs is 1. The highest BCUT2D eigenvalue weighted by Crippen LogP contribution is 2.32. The molecule has 1 atom stereocenters. The zero-order valence-electron chi connectivity index (χ0n) is 10.7. The molecule has 0 saturated carbocycles. The molecule has 1 aliphatic heterocycles. The fourth-order valence-electron chi connectivity index (χ4n) is 2.20. The Balaban J connectivity index is 0.00000180. The summed E-state index contributed by atoms with van der Waals surface area (Å²) in [6, 6.07) is 2.16. The smallest absolute Gasteiger partial charge is 0.242 e. The Kier molecular flexibility index (Phi) is 5.78. The fraction of sp³-hybridized carbons (Fsp3) is 0.500. The minimum atomic E-state index is -0.302. The van der Waals surface area contributed by atoms with E-state index in [0.717, 1.165) is 6.42 Å². The van der Waals surface area contributed by atoms with Gasteiger partial charge in [-0.1, -0.05) is 0 Å². The molecule has 106 valence electrons. The number of hydrogen-bond acceptors (Lipinski definition) is 4. The summed E-state index contributed by atoms with van der Waals surface area (Å²) >= 11 is 1.74. The number of thiophene rings is 1. The fourth-order valence-corrected chi connectivity index (χ4v) is 3.16. The summed E-state index contributed by atoms with van der Waals surface area (Å²) in [7, 11) is 0. The Labute approximate surface area is 122 Å². The van der Waals surface area contributed by atoms with Crippen LogP contribution in [0.3, 0.4) is 0 Å². The molecule has 1 aromatic rings. The van der Waals surface area contributed by atoms with Crippen molar-refractivity contribution in [2.45, 2.75) is 19.4 Å². The zero-order valence-corrected chi connectivity index (χ0v) is 12.4. The summed E-state index contributed by atoms with van der Waals surface area (Å²) in [4.78, 5) is 26.2. The lowest BCUT2D eigenvalue weighted by atomic mass is 10.0. The van der Waals surface area contributed by atoms with Gasteiger partial charge in [-0.25, -0.2) is 0 Å². The molecule has 0 aliphatic carbocycles. The molecule has 1 aromatic heterocycles. The minimum Gasteiger partial charge on any atom is -0.346 e. The number of carbonyl (C=O) groups excluding carboxylic acids is 2. The van der Waals surface area contributed by atoms with Gasteiger partial charge < -0.3 is 16.0 Å². The van der Waals surface area contributed by atoms with E-state index >= 15 is 0 Å². The van der Waals surface area contributed by atoms with Crippen molar-refractivity contribution in [3.63, 3.8) is 0 Å². The summed E-state index contributed by atoms with van der Waals surface area (Å²) < 4.78 is 0. The quantitative estimate of drug-likeness (QED) is 0.863. The Bertz CT molecular complexity index is 464. The van der Waals surface area contributed by atoms with Crippen molar-refractivity contribution >= 4 is 35.6 Å². The number of halogens is 1. The van der Waals surface area contributed by atoms with Crippen molar-refractivity contribution < 1.29 is 9.59 Å². The number of carbonyl (C=O) groups is 2. The number of rotatable bonds is 3. The summed E-state index contributed by atoms with van der Waals surface area (Å²) in [6.45, 7) is 2.68. The van der Waals surface area contributed by atoms with Crippen LogP contribution in [0.25, 0.3) is 0 Å². The van der Waals surface area contributed by atoms with E-state index in [0.29, 0.717) is 6.54 Å². The predicted octanol–water partition coefficient (Wildman–Crippen LogP) is 0.691. The van der Waals surface area contributed by atoms with Crippen molar-refractivity contribution in [2.24, 2.45) is 5.73 Å². The molecular weight excluding hydrogens is 286 g/mol. The molecule has 0 bridgehead atoms. The highest BCUT2D eigenvalue weighted by Gasteiger charge is 2.28. The molecule has 0 aromatic carbocycles. The largest absolute Gasteiger partial charge is 0.346 e. The molecule has 0 saturated heterocycles. The van der Waals surface area contributed by atoms with Crippen molar-refractivity contribution in [3.05, 3.63) is 21.9 Å². The first-order chi connectivity index (χ1) is 8.63. The molecule has 1 aliphatic rings. The van der Waals surface area contributed by atoms with E-state index in [1.54, 1.807) is 11.3 Å². The van der Waals surface area contributed by atoms with Crippen LogP contribution in [0.4, 0.5) is 0 Å². The Hall–Kier alpha value is -1.11. The average Bonchev–Trinajstić information content (AvgIpc) is 2.85. The molecular formula is C12H18ClN3O2S. The van der Waals surface area contributed by atoms with Crippen molar-refractivity contribution in [1.82, 2.24) is 10.2 Å². The van der Waals surface area contributed by atoms with E-state index < -0.39 is 0 Å². The van der Waals surface area contributed by atoms with Gasteiger partial charge in [-0.05, 0) is 30.4 Å². The van der Waals surface area contributed by atoms with Crippen molar-refractivity contribution in [2.75, 3.05) is 19.6 Å². The van der Waals surface area contributed by atoms with E-state index in [9.17, 15) is 9.59 Å². The van der Waals surface area contributed by atoms with Crippen LogP contribution in [0.5, 0.6) is 0 Å². The molecule has 2 heterocycles. The standard InChI is InChI=1S/C12H17N3O2S.ClH/c1-8-9-3-5-18-10(9)2-4-15(8)12(17)7-14-11(16)6-13;/h3,5,8H,2,4,6-7,13H2,1H3,(H,14,16);1H. The maximum atomic E-state index is 12.0. The van der Waals surface area contributed by atoms with Gasteiger partial charge in [-0.3, -0.25) is 9.59 Å². The first kappa shape index (κ1) is 15.9. The van der Waals surface area contributed by atoms with Crippen LogP contribution in [0.15, 0.2) is 11.4 Å². The topological polar surface area (TPSA) is 75.4 Å². The maximum absolute atomic E-state index is 12.0. The maximum Gasteiger partial charge on any atom is 0.242 e. The van der Waals surface area contributed by atoms with Gasteiger partial charge in [0.15, 0.2) is 0 Å². The molecule has 2 amide bonds. The predicted molar refractivity (Wildman–Crippen MR) is 77.5 cm³/mol. The second-order valence-electron chi connectivity index (χ2n) is 4.29. The zero-order chi connectivity index (χ0) is 13.1. The molecule has 0 radical (unpaired) electrons. The van der Waals surface area contributed by atoms with Crippen LogP contribution in [0, 0.1) is 0 Å². The first-order valence-electron chi connectivity index (χ1n) is 5.96. The third kappa shape index (κ3) is 3.46. The average molecular weight is 304 g/mol. The lowest BCUT2D eigenvalue weighted by Crippen LogP contribution is -2.45. The molecule has 2 rings (SSSR count). The van der Waals surface area contributed by atoms with Gasteiger partial charge in [0.25, 0.3) is 0 Å². The highest BCUT2D eigenvalue weighted by atomic mass is 35.5. The molecule has 19 heavy (non-hydrogen) atoms. The lowest BCUT2D eigenvalue weighted by molar-refractivity contribution is -0.134. The SMILES string of the molecule is CC1c2ccsc2CCN1C(=O)CNC(=O)CN.Cl. The van der Waals surface area contributed by atoms with Gasteiger partial charge in [0, 0.05) is 11.4 Å². The van der Waals surface area contributed by atoms with Crippen LogP contribution in [-0.4, -0.2) is 36.3 Å². The van der Waals surface area contributed by atoms with Crippen LogP contribution < -0.4 is 11.1 Å². The van der Waals surface area contributed by atoms with Crippen LogP contribution in [0.2, 0.25) is 0 Å². The van der Waals surface area contributed by atoms with Crippen LogP contribution in [-0.2, 0) is 16.0 Å². The summed E-state index contributed by atoms with van der Waals surface area (Å²) in [5.41, 5.74) is 6.40. The Morgan fingerprint density at radius 1 is 1.58 bits per heavy atom. The van der Waals surface area contributed by atoms with Gasteiger partial charge in [-0.2, -0.15) is 0 Å². The van der Waals surface area contributed by atoms with Gasteiger partial charge in [-0.15, -0.1) is 23.7 Å². The van der Waals surface area contributed by atoms with Crippen LogP contribution >= 0.6 is 23.7 Å². The molecule has 7 heteroatoms. The van der Waals surface area contributed by atoms with E-state index in [4.69, 9.17) is 5.73 Å².